The largest absolute Gasteiger partial charge is 0.373 e. The highest BCUT2D eigenvalue weighted by Crippen LogP contribution is 2.23. The van der Waals surface area contributed by atoms with Gasteiger partial charge in [-0.2, -0.15) is 0 Å². The molecule has 1 N–H and O–H groups in total. The van der Waals surface area contributed by atoms with Crippen LogP contribution in [0.25, 0.3) is 0 Å². The first kappa shape index (κ1) is 13.9. The smallest absolute Gasteiger partial charge is 0.130 e. The van der Waals surface area contributed by atoms with Gasteiger partial charge >= 0.3 is 0 Å². The summed E-state index contributed by atoms with van der Waals surface area (Å²) < 4.78 is 0. The highest BCUT2D eigenvalue weighted by Gasteiger charge is 2.03. The van der Waals surface area contributed by atoms with Gasteiger partial charge in [-0.1, -0.05) is 29.3 Å². The minimum Gasteiger partial charge on any atom is -0.373 e. The minimum atomic E-state index is 0.801. The van der Waals surface area contributed by atoms with Crippen molar-refractivity contribution in [2.24, 2.45) is 0 Å². The summed E-state index contributed by atoms with van der Waals surface area (Å²) in [7, 11) is 1.88. The third-order valence-corrected chi connectivity index (χ3v) is 3.72. The van der Waals surface area contributed by atoms with E-state index in [9.17, 15) is 0 Å². The molecule has 1 aromatic heterocycles. The van der Waals surface area contributed by atoms with Gasteiger partial charge in [0.15, 0.2) is 0 Å². The standard InChI is InChI=1S/C15H19N3S/c1-10-5-11(2)7-13(6-10)9-19-15-8-14(16-4)17-12(3)18-15/h5-8H,9H2,1-4H3,(H,16,17,18). The van der Waals surface area contributed by atoms with E-state index < -0.39 is 0 Å². The third-order valence-electron chi connectivity index (χ3n) is 2.74. The molecule has 1 heterocycles. The van der Waals surface area contributed by atoms with Crippen LogP contribution < -0.4 is 5.32 Å². The number of rotatable bonds is 4. The van der Waals surface area contributed by atoms with Crippen LogP contribution in [0.15, 0.2) is 29.3 Å². The summed E-state index contributed by atoms with van der Waals surface area (Å²) in [6.45, 7) is 6.19. The van der Waals surface area contributed by atoms with Crippen molar-refractivity contribution in [2.75, 3.05) is 12.4 Å². The van der Waals surface area contributed by atoms with E-state index >= 15 is 0 Å². The quantitative estimate of drug-likeness (QED) is 0.680. The Labute approximate surface area is 118 Å². The molecule has 0 fully saturated rings. The molecular weight excluding hydrogens is 254 g/mol. The molecule has 2 rings (SSSR count). The lowest BCUT2D eigenvalue weighted by atomic mass is 10.1. The second-order valence-electron chi connectivity index (χ2n) is 4.67. The van der Waals surface area contributed by atoms with E-state index in [4.69, 9.17) is 0 Å². The lowest BCUT2D eigenvalue weighted by molar-refractivity contribution is 0.969. The highest BCUT2D eigenvalue weighted by molar-refractivity contribution is 7.98. The predicted molar refractivity (Wildman–Crippen MR) is 81.8 cm³/mol. The van der Waals surface area contributed by atoms with Crippen molar-refractivity contribution in [1.82, 2.24) is 9.97 Å². The zero-order chi connectivity index (χ0) is 13.8. The van der Waals surface area contributed by atoms with Gasteiger partial charge in [0, 0.05) is 18.9 Å². The Hall–Kier alpha value is -1.55. The molecule has 2 aromatic rings. The van der Waals surface area contributed by atoms with Gasteiger partial charge in [-0.25, -0.2) is 9.97 Å². The van der Waals surface area contributed by atoms with Crippen molar-refractivity contribution in [3.05, 3.63) is 46.8 Å². The molecule has 1 aromatic carbocycles. The number of benzene rings is 1. The molecule has 0 unspecified atom stereocenters. The average Bonchev–Trinajstić information content (AvgIpc) is 2.34. The van der Waals surface area contributed by atoms with Gasteiger partial charge in [0.2, 0.25) is 0 Å². The van der Waals surface area contributed by atoms with Gasteiger partial charge in [0.25, 0.3) is 0 Å². The van der Waals surface area contributed by atoms with Crippen molar-refractivity contribution < 1.29 is 0 Å². The molecule has 0 aliphatic heterocycles. The maximum absolute atomic E-state index is 4.45. The molecule has 4 heteroatoms. The fourth-order valence-corrected chi connectivity index (χ4v) is 2.92. The molecule has 0 radical (unpaired) electrons. The van der Waals surface area contributed by atoms with Crippen LogP contribution in [-0.4, -0.2) is 17.0 Å². The summed E-state index contributed by atoms with van der Waals surface area (Å²) in [4.78, 5) is 8.75. The van der Waals surface area contributed by atoms with Gasteiger partial charge in [0.05, 0.1) is 0 Å². The zero-order valence-electron chi connectivity index (χ0n) is 11.8. The van der Waals surface area contributed by atoms with Crippen LogP contribution in [0.1, 0.15) is 22.5 Å². The normalized spacial score (nSPS) is 10.5. The molecule has 0 saturated heterocycles. The molecule has 0 amide bonds. The summed E-state index contributed by atoms with van der Waals surface area (Å²) in [5, 5.41) is 4.07. The highest BCUT2D eigenvalue weighted by atomic mass is 32.2. The van der Waals surface area contributed by atoms with E-state index in [1.807, 2.05) is 20.0 Å². The van der Waals surface area contributed by atoms with Gasteiger partial charge in [-0.15, -0.1) is 11.8 Å². The second kappa shape index (κ2) is 6.06. The van der Waals surface area contributed by atoms with Crippen molar-refractivity contribution >= 4 is 17.6 Å². The molecule has 100 valence electrons. The Morgan fingerprint density at radius 2 is 1.68 bits per heavy atom. The van der Waals surface area contributed by atoms with E-state index in [2.05, 4.69) is 47.3 Å². The van der Waals surface area contributed by atoms with Crippen molar-refractivity contribution in [3.63, 3.8) is 0 Å². The third kappa shape index (κ3) is 3.96. The van der Waals surface area contributed by atoms with Crippen LogP contribution in [0.4, 0.5) is 5.82 Å². The zero-order valence-corrected chi connectivity index (χ0v) is 12.6. The molecule has 0 bridgehead atoms. The van der Waals surface area contributed by atoms with Crippen LogP contribution in [0.5, 0.6) is 0 Å². The Bertz CT molecular complexity index is 561. The molecule has 0 spiro atoms. The summed E-state index contributed by atoms with van der Waals surface area (Å²) >= 11 is 1.74. The topological polar surface area (TPSA) is 37.8 Å². The molecule has 0 saturated carbocycles. The Balaban J connectivity index is 2.11. The van der Waals surface area contributed by atoms with Crippen molar-refractivity contribution in [3.8, 4) is 0 Å². The molecule has 0 aliphatic carbocycles. The number of nitrogens with one attached hydrogen (secondary N) is 1. The number of anilines is 1. The number of aryl methyl sites for hydroxylation is 3. The number of aromatic nitrogens is 2. The van der Waals surface area contributed by atoms with Crippen LogP contribution in [0, 0.1) is 20.8 Å². The van der Waals surface area contributed by atoms with Crippen molar-refractivity contribution in [1.29, 1.82) is 0 Å². The summed E-state index contributed by atoms with van der Waals surface area (Å²) in [5.41, 5.74) is 3.96. The lowest BCUT2D eigenvalue weighted by Gasteiger charge is -2.07. The van der Waals surface area contributed by atoms with Gasteiger partial charge in [-0.05, 0) is 26.3 Å². The van der Waals surface area contributed by atoms with Crippen LogP contribution in [0.3, 0.4) is 0 Å². The Morgan fingerprint density at radius 3 is 2.32 bits per heavy atom. The molecule has 0 aliphatic rings. The number of nitrogens with zero attached hydrogens (tertiary/aromatic N) is 2. The first-order valence-corrected chi connectivity index (χ1v) is 7.29. The molecule has 0 atom stereocenters. The van der Waals surface area contributed by atoms with E-state index in [1.165, 1.54) is 16.7 Å². The Kier molecular flexibility index (Phi) is 4.43. The lowest BCUT2D eigenvalue weighted by Crippen LogP contribution is -1.97. The van der Waals surface area contributed by atoms with Gasteiger partial charge in [0.1, 0.15) is 16.7 Å². The maximum Gasteiger partial charge on any atom is 0.130 e. The van der Waals surface area contributed by atoms with Crippen LogP contribution >= 0.6 is 11.8 Å². The summed E-state index contributed by atoms with van der Waals surface area (Å²) in [6.07, 6.45) is 0. The average molecular weight is 273 g/mol. The summed E-state index contributed by atoms with van der Waals surface area (Å²) in [5.74, 6) is 2.60. The van der Waals surface area contributed by atoms with Crippen LogP contribution in [0.2, 0.25) is 0 Å². The second-order valence-corrected chi connectivity index (χ2v) is 5.67. The summed E-state index contributed by atoms with van der Waals surface area (Å²) in [6, 6.07) is 8.64. The first-order chi connectivity index (χ1) is 9.06. The molecule has 19 heavy (non-hydrogen) atoms. The number of hydrogen-bond donors (Lipinski definition) is 1. The van der Waals surface area contributed by atoms with E-state index in [0.29, 0.717) is 0 Å². The first-order valence-electron chi connectivity index (χ1n) is 6.30. The SMILES string of the molecule is CNc1cc(SCc2cc(C)cc(C)c2)nc(C)n1. The maximum atomic E-state index is 4.45. The van der Waals surface area contributed by atoms with E-state index in [1.54, 1.807) is 11.8 Å². The number of thioether (sulfide) groups is 1. The predicted octanol–water partition coefficient (Wildman–Crippen LogP) is 3.74. The molecule has 3 nitrogen and oxygen atoms in total. The minimum absolute atomic E-state index is 0.801. The fourth-order valence-electron chi connectivity index (χ4n) is 2.05. The van der Waals surface area contributed by atoms with E-state index in [-0.39, 0.29) is 0 Å². The number of hydrogen-bond acceptors (Lipinski definition) is 4. The Morgan fingerprint density at radius 1 is 1.00 bits per heavy atom. The monoisotopic (exact) mass is 273 g/mol. The van der Waals surface area contributed by atoms with Crippen molar-refractivity contribution in [2.45, 2.75) is 31.6 Å². The fraction of sp³-hybridized carbons (Fsp3) is 0.333. The molecular formula is C15H19N3S. The van der Waals surface area contributed by atoms with Gasteiger partial charge < -0.3 is 5.32 Å². The van der Waals surface area contributed by atoms with E-state index in [0.717, 1.165) is 22.4 Å². The van der Waals surface area contributed by atoms with Crippen LogP contribution in [-0.2, 0) is 5.75 Å². The van der Waals surface area contributed by atoms with Gasteiger partial charge in [-0.3, -0.25) is 0 Å².